The van der Waals surface area contributed by atoms with Crippen LogP contribution in [0.4, 0.5) is 0 Å². The number of nitrogen functional groups attached to an aromatic ring is 1. The zero-order chi connectivity index (χ0) is 13.0. The fourth-order valence-corrected chi connectivity index (χ4v) is 2.21. The highest BCUT2D eigenvalue weighted by Gasteiger charge is 2.13. The van der Waals surface area contributed by atoms with E-state index in [0.717, 1.165) is 4.88 Å². The number of thiophene rings is 1. The summed E-state index contributed by atoms with van der Waals surface area (Å²) in [7, 11) is 0. The molecule has 0 unspecified atom stereocenters. The van der Waals surface area contributed by atoms with E-state index in [4.69, 9.17) is 15.0 Å². The van der Waals surface area contributed by atoms with Gasteiger partial charge in [-0.3, -0.25) is 10.2 Å². The fourth-order valence-electron chi connectivity index (χ4n) is 1.56. The lowest BCUT2D eigenvalue weighted by Gasteiger charge is -1.98. The molecule has 2 heterocycles. The zero-order valence-electron chi connectivity index (χ0n) is 9.93. The monoisotopic (exact) mass is 266 g/mol. The first kappa shape index (κ1) is 12.8. The molecule has 18 heavy (non-hydrogen) atoms. The number of aryl methyl sites for hydroxylation is 1. The van der Waals surface area contributed by atoms with Gasteiger partial charge in [0.25, 0.3) is 5.91 Å². The lowest BCUT2D eigenvalue weighted by molar-refractivity contribution is 0.0941. The van der Waals surface area contributed by atoms with Gasteiger partial charge in [0.2, 0.25) is 0 Å². The van der Waals surface area contributed by atoms with Crippen molar-refractivity contribution in [3.05, 3.63) is 45.5 Å². The van der Waals surface area contributed by atoms with Crippen molar-refractivity contribution in [2.45, 2.75) is 20.1 Å². The number of rotatable bonds is 5. The second kappa shape index (κ2) is 5.81. The van der Waals surface area contributed by atoms with Gasteiger partial charge >= 0.3 is 0 Å². The Labute approximate surface area is 109 Å². The second-order valence-electron chi connectivity index (χ2n) is 3.73. The smallest absolute Gasteiger partial charge is 0.268 e. The lowest BCUT2D eigenvalue weighted by atomic mass is 10.2. The minimum atomic E-state index is -0.360. The standard InChI is InChI=1S/C12H14N2O3S/c1-8-11(12(15)14-13)5-9(17-8)6-16-7-10-3-2-4-18-10/h2-5H,6-7,13H2,1H3,(H,14,15). The SMILES string of the molecule is Cc1oc(COCc2cccs2)cc1C(=O)NN. The highest BCUT2D eigenvalue weighted by molar-refractivity contribution is 7.09. The van der Waals surface area contributed by atoms with Crippen LogP contribution < -0.4 is 11.3 Å². The topological polar surface area (TPSA) is 77.5 Å². The highest BCUT2D eigenvalue weighted by Crippen LogP contribution is 2.16. The number of nitrogens with one attached hydrogen (secondary N) is 1. The third-order valence-electron chi connectivity index (χ3n) is 2.41. The summed E-state index contributed by atoms with van der Waals surface area (Å²) in [6, 6.07) is 5.63. The number of amides is 1. The molecular weight excluding hydrogens is 252 g/mol. The fraction of sp³-hybridized carbons (Fsp3) is 0.250. The number of ether oxygens (including phenoxy) is 1. The van der Waals surface area contributed by atoms with E-state index >= 15 is 0 Å². The predicted molar refractivity (Wildman–Crippen MR) is 67.9 cm³/mol. The summed E-state index contributed by atoms with van der Waals surface area (Å²) in [5.41, 5.74) is 2.51. The van der Waals surface area contributed by atoms with Gasteiger partial charge in [-0.15, -0.1) is 11.3 Å². The van der Waals surface area contributed by atoms with Gasteiger partial charge < -0.3 is 9.15 Å². The van der Waals surface area contributed by atoms with Crippen LogP contribution in [-0.2, 0) is 18.0 Å². The number of nitrogens with two attached hydrogens (primary N) is 1. The minimum absolute atomic E-state index is 0.330. The average Bonchev–Trinajstić information content (AvgIpc) is 2.98. The van der Waals surface area contributed by atoms with Crippen molar-refractivity contribution in [3.8, 4) is 0 Å². The van der Waals surface area contributed by atoms with E-state index < -0.39 is 0 Å². The van der Waals surface area contributed by atoms with Crippen molar-refractivity contribution in [3.63, 3.8) is 0 Å². The number of hydrazine groups is 1. The molecule has 0 saturated carbocycles. The molecule has 0 aliphatic heterocycles. The maximum atomic E-state index is 11.4. The molecule has 96 valence electrons. The van der Waals surface area contributed by atoms with Crippen molar-refractivity contribution >= 4 is 17.2 Å². The first-order valence-corrected chi connectivity index (χ1v) is 6.29. The van der Waals surface area contributed by atoms with Crippen molar-refractivity contribution in [1.29, 1.82) is 0 Å². The lowest BCUT2D eigenvalue weighted by Crippen LogP contribution is -2.30. The third-order valence-corrected chi connectivity index (χ3v) is 3.26. The molecule has 3 N–H and O–H groups in total. The maximum Gasteiger partial charge on any atom is 0.268 e. The molecule has 5 nitrogen and oxygen atoms in total. The quantitative estimate of drug-likeness (QED) is 0.493. The van der Waals surface area contributed by atoms with Gasteiger partial charge in [0.1, 0.15) is 18.1 Å². The Morgan fingerprint density at radius 3 is 3.06 bits per heavy atom. The van der Waals surface area contributed by atoms with E-state index in [0.29, 0.717) is 30.3 Å². The van der Waals surface area contributed by atoms with E-state index in [1.807, 2.05) is 17.5 Å². The third kappa shape index (κ3) is 2.98. The van der Waals surface area contributed by atoms with Crippen LogP contribution in [0.25, 0.3) is 0 Å². The number of furan rings is 1. The summed E-state index contributed by atoms with van der Waals surface area (Å²) < 4.78 is 10.9. The van der Waals surface area contributed by atoms with Crippen LogP contribution in [0.5, 0.6) is 0 Å². The Hall–Kier alpha value is -1.63. The number of hydrogen-bond donors (Lipinski definition) is 2. The van der Waals surface area contributed by atoms with Crippen LogP contribution in [-0.4, -0.2) is 5.91 Å². The summed E-state index contributed by atoms with van der Waals surface area (Å²) in [6.07, 6.45) is 0. The van der Waals surface area contributed by atoms with E-state index in [2.05, 4.69) is 5.43 Å². The van der Waals surface area contributed by atoms with Gasteiger partial charge in [0, 0.05) is 4.88 Å². The van der Waals surface area contributed by atoms with Gasteiger partial charge in [-0.25, -0.2) is 5.84 Å². The molecule has 0 spiro atoms. The molecule has 2 aromatic rings. The van der Waals surface area contributed by atoms with Gasteiger partial charge in [0.15, 0.2) is 0 Å². The maximum absolute atomic E-state index is 11.4. The largest absolute Gasteiger partial charge is 0.463 e. The van der Waals surface area contributed by atoms with Gasteiger partial charge in [0.05, 0.1) is 12.2 Å². The summed E-state index contributed by atoms with van der Waals surface area (Å²) in [4.78, 5) is 12.5. The molecular formula is C12H14N2O3S. The average molecular weight is 266 g/mol. The van der Waals surface area contributed by atoms with Crippen LogP contribution in [0, 0.1) is 6.92 Å². The van der Waals surface area contributed by atoms with Crippen LogP contribution >= 0.6 is 11.3 Å². The Kier molecular flexibility index (Phi) is 4.14. The molecule has 0 fully saturated rings. The van der Waals surface area contributed by atoms with Gasteiger partial charge in [-0.05, 0) is 24.4 Å². The van der Waals surface area contributed by atoms with E-state index in [1.54, 1.807) is 24.3 Å². The van der Waals surface area contributed by atoms with Crippen LogP contribution in [0.3, 0.4) is 0 Å². The van der Waals surface area contributed by atoms with Crippen molar-refractivity contribution in [2.75, 3.05) is 0 Å². The van der Waals surface area contributed by atoms with Crippen LogP contribution in [0.2, 0.25) is 0 Å². The minimum Gasteiger partial charge on any atom is -0.463 e. The molecule has 1 amide bonds. The van der Waals surface area contributed by atoms with Gasteiger partial charge in [-0.2, -0.15) is 0 Å². The molecule has 0 aliphatic rings. The molecule has 0 saturated heterocycles. The first-order chi connectivity index (χ1) is 8.70. The summed E-state index contributed by atoms with van der Waals surface area (Å²) in [6.45, 7) is 2.58. The van der Waals surface area contributed by atoms with E-state index in [1.165, 1.54) is 0 Å². The Morgan fingerprint density at radius 1 is 1.56 bits per heavy atom. The molecule has 0 atom stereocenters. The van der Waals surface area contributed by atoms with Crippen LogP contribution in [0.1, 0.15) is 26.8 Å². The first-order valence-electron chi connectivity index (χ1n) is 5.41. The Morgan fingerprint density at radius 2 is 2.39 bits per heavy atom. The zero-order valence-corrected chi connectivity index (χ0v) is 10.8. The summed E-state index contributed by atoms with van der Waals surface area (Å²) in [5.74, 6) is 5.86. The Balaban J connectivity index is 1.92. The highest BCUT2D eigenvalue weighted by atomic mass is 32.1. The molecule has 0 aromatic carbocycles. The van der Waals surface area contributed by atoms with Crippen molar-refractivity contribution in [2.24, 2.45) is 5.84 Å². The van der Waals surface area contributed by atoms with Gasteiger partial charge in [-0.1, -0.05) is 6.07 Å². The van der Waals surface area contributed by atoms with E-state index in [9.17, 15) is 4.79 Å². The molecule has 0 bridgehead atoms. The summed E-state index contributed by atoms with van der Waals surface area (Å²) in [5, 5.41) is 2.00. The van der Waals surface area contributed by atoms with Crippen molar-refractivity contribution in [1.82, 2.24) is 5.43 Å². The molecule has 0 radical (unpaired) electrons. The number of carbonyl (C=O) groups excluding carboxylic acids is 1. The number of hydrogen-bond acceptors (Lipinski definition) is 5. The second-order valence-corrected chi connectivity index (χ2v) is 4.76. The normalized spacial score (nSPS) is 10.6. The molecule has 6 heteroatoms. The predicted octanol–water partition coefficient (Wildman–Crippen LogP) is 1.97. The molecule has 2 aromatic heterocycles. The Bertz CT molecular complexity index is 519. The summed E-state index contributed by atoms with van der Waals surface area (Å²) >= 11 is 1.64. The van der Waals surface area contributed by atoms with E-state index in [-0.39, 0.29) is 5.91 Å². The molecule has 2 rings (SSSR count). The molecule has 0 aliphatic carbocycles. The van der Waals surface area contributed by atoms with Crippen molar-refractivity contribution < 1.29 is 13.9 Å². The van der Waals surface area contributed by atoms with Crippen LogP contribution in [0.15, 0.2) is 28.0 Å². The number of carbonyl (C=O) groups is 1.